The van der Waals surface area contributed by atoms with Gasteiger partial charge in [0.05, 0.1) is 0 Å². The summed E-state index contributed by atoms with van der Waals surface area (Å²) >= 11 is 0. The Bertz CT molecular complexity index is 545. The van der Waals surface area contributed by atoms with Crippen LogP contribution in [0.15, 0.2) is 30.3 Å². The summed E-state index contributed by atoms with van der Waals surface area (Å²) in [7, 11) is 0. The molecule has 1 aromatic rings. The first-order chi connectivity index (χ1) is 10.6. The van der Waals surface area contributed by atoms with Gasteiger partial charge in [-0.25, -0.2) is 0 Å². The van der Waals surface area contributed by atoms with Gasteiger partial charge in [0, 0.05) is 31.8 Å². The topological polar surface area (TPSA) is 49.4 Å². The lowest BCUT2D eigenvalue weighted by atomic mass is 10.2. The number of hydrogen-bond donors (Lipinski definition) is 1. The van der Waals surface area contributed by atoms with Crippen molar-refractivity contribution in [3.05, 3.63) is 35.9 Å². The quantitative estimate of drug-likeness (QED) is 0.785. The Morgan fingerprint density at radius 1 is 1.27 bits per heavy atom. The second-order valence-electron chi connectivity index (χ2n) is 5.86. The van der Waals surface area contributed by atoms with Crippen molar-refractivity contribution in [2.45, 2.75) is 33.1 Å². The SMILES string of the molecule is CCCN(CC1CC1)C(=O)/C=C/c1ccc(NC(C)=O)cc1. The zero-order valence-electron chi connectivity index (χ0n) is 13.3. The lowest BCUT2D eigenvalue weighted by molar-refractivity contribution is -0.126. The number of hydrogen-bond acceptors (Lipinski definition) is 2. The van der Waals surface area contributed by atoms with E-state index in [4.69, 9.17) is 0 Å². The zero-order valence-corrected chi connectivity index (χ0v) is 13.3. The van der Waals surface area contributed by atoms with Gasteiger partial charge < -0.3 is 10.2 Å². The maximum absolute atomic E-state index is 12.3. The molecule has 1 aromatic carbocycles. The van der Waals surface area contributed by atoms with E-state index in [0.717, 1.165) is 30.8 Å². The van der Waals surface area contributed by atoms with Crippen molar-refractivity contribution in [1.29, 1.82) is 0 Å². The minimum atomic E-state index is -0.0891. The Hall–Kier alpha value is -2.10. The van der Waals surface area contributed by atoms with Crippen LogP contribution in [0.25, 0.3) is 6.08 Å². The van der Waals surface area contributed by atoms with Crippen LogP contribution in [0.4, 0.5) is 5.69 Å². The van der Waals surface area contributed by atoms with Crippen molar-refractivity contribution in [1.82, 2.24) is 4.90 Å². The molecule has 118 valence electrons. The monoisotopic (exact) mass is 300 g/mol. The van der Waals surface area contributed by atoms with E-state index in [0.29, 0.717) is 5.92 Å². The highest BCUT2D eigenvalue weighted by atomic mass is 16.2. The summed E-state index contributed by atoms with van der Waals surface area (Å²) in [5.41, 5.74) is 1.71. The molecule has 1 N–H and O–H groups in total. The largest absolute Gasteiger partial charge is 0.339 e. The highest BCUT2D eigenvalue weighted by Crippen LogP contribution is 2.29. The molecular weight excluding hydrogens is 276 g/mol. The van der Waals surface area contributed by atoms with E-state index in [2.05, 4.69) is 12.2 Å². The molecule has 0 radical (unpaired) electrons. The van der Waals surface area contributed by atoms with E-state index in [9.17, 15) is 9.59 Å². The number of benzene rings is 1. The number of nitrogens with one attached hydrogen (secondary N) is 1. The lowest BCUT2D eigenvalue weighted by Crippen LogP contribution is -2.32. The fourth-order valence-electron chi connectivity index (χ4n) is 2.33. The second-order valence-corrected chi connectivity index (χ2v) is 5.86. The predicted octanol–water partition coefficient (Wildman–Crippen LogP) is 3.31. The lowest BCUT2D eigenvalue weighted by Gasteiger charge is -2.20. The molecule has 0 saturated heterocycles. The normalized spacial score (nSPS) is 14.1. The standard InChI is InChI=1S/C18H24N2O2/c1-3-12-20(13-16-4-5-16)18(22)11-8-15-6-9-17(10-7-15)19-14(2)21/h6-11,16H,3-5,12-13H2,1-2H3,(H,19,21)/b11-8+. The van der Waals surface area contributed by atoms with Crippen LogP contribution in [-0.2, 0) is 9.59 Å². The number of amides is 2. The number of carbonyl (C=O) groups excluding carboxylic acids is 2. The number of carbonyl (C=O) groups is 2. The summed E-state index contributed by atoms with van der Waals surface area (Å²) in [5.74, 6) is 0.703. The van der Waals surface area contributed by atoms with E-state index in [1.165, 1.54) is 19.8 Å². The molecule has 0 aliphatic heterocycles. The molecule has 22 heavy (non-hydrogen) atoms. The molecule has 4 nitrogen and oxygen atoms in total. The van der Waals surface area contributed by atoms with Crippen LogP contribution >= 0.6 is 0 Å². The maximum atomic E-state index is 12.3. The van der Waals surface area contributed by atoms with Crippen LogP contribution in [0.3, 0.4) is 0 Å². The van der Waals surface area contributed by atoms with Gasteiger partial charge in [0.15, 0.2) is 0 Å². The summed E-state index contributed by atoms with van der Waals surface area (Å²) in [6.45, 7) is 5.28. The third kappa shape index (κ3) is 5.35. The average Bonchev–Trinajstić information content (AvgIpc) is 3.29. The number of nitrogens with zero attached hydrogens (tertiary/aromatic N) is 1. The van der Waals surface area contributed by atoms with Gasteiger partial charge in [-0.05, 0) is 49.0 Å². The first-order valence-corrected chi connectivity index (χ1v) is 7.93. The van der Waals surface area contributed by atoms with Crippen LogP contribution in [0.1, 0.15) is 38.7 Å². The Balaban J connectivity index is 1.93. The van der Waals surface area contributed by atoms with Gasteiger partial charge in [-0.1, -0.05) is 19.1 Å². The van der Waals surface area contributed by atoms with Crippen molar-refractivity contribution < 1.29 is 9.59 Å². The molecule has 1 saturated carbocycles. The maximum Gasteiger partial charge on any atom is 0.246 e. The highest BCUT2D eigenvalue weighted by molar-refractivity contribution is 5.92. The van der Waals surface area contributed by atoms with E-state index in [1.807, 2.05) is 35.2 Å². The van der Waals surface area contributed by atoms with Gasteiger partial charge in [-0.2, -0.15) is 0 Å². The molecule has 1 aliphatic rings. The van der Waals surface area contributed by atoms with Gasteiger partial charge in [-0.3, -0.25) is 9.59 Å². The molecule has 1 fully saturated rings. The van der Waals surface area contributed by atoms with Crippen LogP contribution in [0.2, 0.25) is 0 Å². The molecule has 2 rings (SSSR count). The zero-order chi connectivity index (χ0) is 15.9. The fourth-order valence-corrected chi connectivity index (χ4v) is 2.33. The van der Waals surface area contributed by atoms with Crippen molar-refractivity contribution >= 4 is 23.6 Å². The highest BCUT2D eigenvalue weighted by Gasteiger charge is 2.25. The van der Waals surface area contributed by atoms with E-state index in [-0.39, 0.29) is 11.8 Å². The molecule has 0 atom stereocenters. The Labute approximate surface area is 132 Å². The van der Waals surface area contributed by atoms with Gasteiger partial charge in [-0.15, -0.1) is 0 Å². The van der Waals surface area contributed by atoms with Crippen LogP contribution in [-0.4, -0.2) is 29.8 Å². The fraction of sp³-hybridized carbons (Fsp3) is 0.444. The van der Waals surface area contributed by atoms with Crippen LogP contribution < -0.4 is 5.32 Å². The predicted molar refractivity (Wildman–Crippen MR) is 89.4 cm³/mol. The molecule has 0 bridgehead atoms. The number of anilines is 1. The molecule has 4 heteroatoms. The third-order valence-corrected chi connectivity index (χ3v) is 3.63. The summed E-state index contributed by atoms with van der Waals surface area (Å²) in [6, 6.07) is 7.44. The van der Waals surface area contributed by atoms with Crippen molar-refractivity contribution in [3.8, 4) is 0 Å². The molecule has 0 unspecified atom stereocenters. The van der Waals surface area contributed by atoms with E-state index >= 15 is 0 Å². The Morgan fingerprint density at radius 3 is 2.50 bits per heavy atom. The third-order valence-electron chi connectivity index (χ3n) is 3.63. The first kappa shape index (κ1) is 16.3. The number of rotatable bonds is 7. The molecule has 0 spiro atoms. The van der Waals surface area contributed by atoms with Crippen molar-refractivity contribution in [2.24, 2.45) is 5.92 Å². The first-order valence-electron chi connectivity index (χ1n) is 7.93. The van der Waals surface area contributed by atoms with Crippen LogP contribution in [0, 0.1) is 5.92 Å². The van der Waals surface area contributed by atoms with Gasteiger partial charge in [0.25, 0.3) is 0 Å². The second kappa shape index (κ2) is 7.78. The molecule has 0 aromatic heterocycles. The smallest absolute Gasteiger partial charge is 0.246 e. The van der Waals surface area contributed by atoms with Crippen molar-refractivity contribution in [3.63, 3.8) is 0 Å². The van der Waals surface area contributed by atoms with Crippen molar-refractivity contribution in [2.75, 3.05) is 18.4 Å². The van der Waals surface area contributed by atoms with Crippen LogP contribution in [0.5, 0.6) is 0 Å². The average molecular weight is 300 g/mol. The molecule has 0 heterocycles. The van der Waals surface area contributed by atoms with Gasteiger partial charge in [0.2, 0.25) is 11.8 Å². The van der Waals surface area contributed by atoms with Gasteiger partial charge in [0.1, 0.15) is 0 Å². The minimum absolute atomic E-state index is 0.0830. The summed E-state index contributed by atoms with van der Waals surface area (Å²) < 4.78 is 0. The molecule has 2 amide bonds. The van der Waals surface area contributed by atoms with Gasteiger partial charge >= 0.3 is 0 Å². The summed E-state index contributed by atoms with van der Waals surface area (Å²) in [4.78, 5) is 25.2. The molecule has 1 aliphatic carbocycles. The summed E-state index contributed by atoms with van der Waals surface area (Å²) in [6.07, 6.45) is 6.96. The van der Waals surface area contributed by atoms with E-state index in [1.54, 1.807) is 6.08 Å². The van der Waals surface area contributed by atoms with E-state index < -0.39 is 0 Å². The molecular formula is C18H24N2O2. The Kier molecular flexibility index (Phi) is 5.75. The Morgan fingerprint density at radius 2 is 1.95 bits per heavy atom. The minimum Gasteiger partial charge on any atom is -0.339 e. The summed E-state index contributed by atoms with van der Waals surface area (Å²) in [5, 5.41) is 2.72.